The zero-order chi connectivity index (χ0) is 19.7. The number of sulfonamides is 1. The number of carbonyl (C=O) groups excluding carboxylic acids is 2. The van der Waals surface area contributed by atoms with Gasteiger partial charge in [-0.2, -0.15) is 0 Å². The number of nitrogens with one attached hydrogen (secondary N) is 1. The lowest BCUT2D eigenvalue weighted by molar-refractivity contribution is -0.156. The first-order chi connectivity index (χ1) is 12.7. The van der Waals surface area contributed by atoms with Gasteiger partial charge in [0.1, 0.15) is 5.54 Å². The standard InChI is InChI=1S/C20H22N2O4S/c1-15-8-10-17(11-9-15)27(25,26)21-19(24)20(2)12-13-22(20)18(23)14-16-6-4-3-5-7-16/h3-11H,12-14H2,1-2H3,(H,21,24). The molecule has 0 bridgehead atoms. The average molecular weight is 386 g/mol. The summed E-state index contributed by atoms with van der Waals surface area (Å²) in [5.41, 5.74) is 0.609. The molecular formula is C20H22N2O4S. The van der Waals surface area contributed by atoms with Crippen molar-refractivity contribution in [3.63, 3.8) is 0 Å². The molecular weight excluding hydrogens is 364 g/mol. The fourth-order valence-electron chi connectivity index (χ4n) is 3.07. The molecule has 2 amide bonds. The lowest BCUT2D eigenvalue weighted by atomic mass is 9.85. The summed E-state index contributed by atoms with van der Waals surface area (Å²) in [6.45, 7) is 3.88. The summed E-state index contributed by atoms with van der Waals surface area (Å²) in [7, 11) is -3.98. The maximum Gasteiger partial charge on any atom is 0.264 e. The van der Waals surface area contributed by atoms with Crippen molar-refractivity contribution < 1.29 is 18.0 Å². The summed E-state index contributed by atoms with van der Waals surface area (Å²) >= 11 is 0. The quantitative estimate of drug-likeness (QED) is 0.852. The Morgan fingerprint density at radius 1 is 1.07 bits per heavy atom. The van der Waals surface area contributed by atoms with Crippen molar-refractivity contribution in [3.8, 4) is 0 Å². The molecule has 1 saturated heterocycles. The van der Waals surface area contributed by atoms with Gasteiger partial charge in [0.2, 0.25) is 5.91 Å². The third-order valence-corrected chi connectivity index (χ3v) is 6.31. The molecule has 3 rings (SSSR count). The Bertz CT molecular complexity index is 955. The summed E-state index contributed by atoms with van der Waals surface area (Å²) < 4.78 is 27.1. The number of nitrogens with zero attached hydrogens (tertiary/aromatic N) is 1. The topological polar surface area (TPSA) is 83.6 Å². The predicted molar refractivity (Wildman–Crippen MR) is 101 cm³/mol. The second-order valence-electron chi connectivity index (χ2n) is 6.98. The van der Waals surface area contributed by atoms with E-state index in [1.807, 2.05) is 37.3 Å². The van der Waals surface area contributed by atoms with Crippen LogP contribution < -0.4 is 4.72 Å². The molecule has 27 heavy (non-hydrogen) atoms. The van der Waals surface area contributed by atoms with Crippen LogP contribution in [-0.2, 0) is 26.0 Å². The van der Waals surface area contributed by atoms with E-state index in [9.17, 15) is 18.0 Å². The molecule has 0 aromatic heterocycles. The molecule has 1 aliphatic rings. The van der Waals surface area contributed by atoms with Gasteiger partial charge < -0.3 is 4.90 Å². The average Bonchev–Trinajstić information content (AvgIpc) is 2.60. The van der Waals surface area contributed by atoms with Gasteiger partial charge >= 0.3 is 0 Å². The largest absolute Gasteiger partial charge is 0.328 e. The Morgan fingerprint density at radius 3 is 2.26 bits per heavy atom. The van der Waals surface area contributed by atoms with Crippen molar-refractivity contribution in [3.05, 3.63) is 65.7 Å². The SMILES string of the molecule is Cc1ccc(S(=O)(=O)NC(=O)C2(C)CCN2C(=O)Cc2ccccc2)cc1. The van der Waals surface area contributed by atoms with Gasteiger partial charge in [-0.25, -0.2) is 13.1 Å². The van der Waals surface area contributed by atoms with E-state index in [0.29, 0.717) is 13.0 Å². The number of carbonyl (C=O) groups is 2. The minimum Gasteiger partial charge on any atom is -0.328 e. The highest BCUT2D eigenvalue weighted by Crippen LogP contribution is 2.31. The monoisotopic (exact) mass is 386 g/mol. The zero-order valence-electron chi connectivity index (χ0n) is 15.3. The molecule has 0 spiro atoms. The molecule has 1 fully saturated rings. The van der Waals surface area contributed by atoms with Crippen molar-refractivity contribution in [2.75, 3.05) is 6.54 Å². The van der Waals surface area contributed by atoms with Crippen LogP contribution in [0.2, 0.25) is 0 Å². The highest BCUT2D eigenvalue weighted by Gasteiger charge is 2.50. The van der Waals surface area contributed by atoms with Crippen molar-refractivity contribution in [1.29, 1.82) is 0 Å². The van der Waals surface area contributed by atoms with Gasteiger partial charge in [0.05, 0.1) is 11.3 Å². The van der Waals surface area contributed by atoms with Crippen LogP contribution in [0.15, 0.2) is 59.5 Å². The number of hydrogen-bond acceptors (Lipinski definition) is 4. The van der Waals surface area contributed by atoms with E-state index in [-0.39, 0.29) is 17.2 Å². The van der Waals surface area contributed by atoms with Crippen molar-refractivity contribution in [2.24, 2.45) is 0 Å². The van der Waals surface area contributed by atoms with Crippen molar-refractivity contribution in [2.45, 2.75) is 37.1 Å². The molecule has 1 N–H and O–H groups in total. The second-order valence-corrected chi connectivity index (χ2v) is 8.66. The minimum atomic E-state index is -3.98. The van der Waals surface area contributed by atoms with Gasteiger partial charge in [0.15, 0.2) is 0 Å². The number of likely N-dealkylation sites (tertiary alicyclic amines) is 1. The molecule has 2 aromatic carbocycles. The van der Waals surface area contributed by atoms with E-state index < -0.39 is 21.5 Å². The number of rotatable bonds is 5. The summed E-state index contributed by atoms with van der Waals surface area (Å²) in [6.07, 6.45) is 0.594. The van der Waals surface area contributed by atoms with E-state index in [4.69, 9.17) is 0 Å². The van der Waals surface area contributed by atoms with Crippen LogP contribution >= 0.6 is 0 Å². The molecule has 0 aliphatic carbocycles. The number of benzene rings is 2. The van der Waals surface area contributed by atoms with Crippen LogP contribution in [0.1, 0.15) is 24.5 Å². The normalized spacial score (nSPS) is 19.3. The molecule has 7 heteroatoms. The maximum atomic E-state index is 12.7. The molecule has 0 saturated carbocycles. The van der Waals surface area contributed by atoms with E-state index >= 15 is 0 Å². The summed E-state index contributed by atoms with van der Waals surface area (Å²) in [4.78, 5) is 26.7. The molecule has 1 unspecified atom stereocenters. The molecule has 2 aromatic rings. The third-order valence-electron chi connectivity index (χ3n) is 4.96. The van der Waals surface area contributed by atoms with Crippen LogP contribution in [-0.4, -0.2) is 37.2 Å². The van der Waals surface area contributed by atoms with Gasteiger partial charge in [-0.1, -0.05) is 48.0 Å². The Kier molecular flexibility index (Phi) is 5.06. The van der Waals surface area contributed by atoms with Gasteiger partial charge in [0, 0.05) is 6.54 Å². The molecule has 0 radical (unpaired) electrons. The highest BCUT2D eigenvalue weighted by atomic mass is 32.2. The van der Waals surface area contributed by atoms with Gasteiger partial charge in [-0.05, 0) is 38.0 Å². The smallest absolute Gasteiger partial charge is 0.264 e. The molecule has 142 valence electrons. The summed E-state index contributed by atoms with van der Waals surface area (Å²) in [6, 6.07) is 15.5. The number of hydrogen-bond donors (Lipinski definition) is 1. The molecule has 6 nitrogen and oxygen atoms in total. The first-order valence-corrected chi connectivity index (χ1v) is 10.2. The van der Waals surface area contributed by atoms with Gasteiger partial charge in [0.25, 0.3) is 15.9 Å². The minimum absolute atomic E-state index is 0.0199. The number of aryl methyl sites for hydroxylation is 1. The van der Waals surface area contributed by atoms with E-state index in [0.717, 1.165) is 11.1 Å². The lowest BCUT2D eigenvalue weighted by Crippen LogP contribution is -2.68. The van der Waals surface area contributed by atoms with E-state index in [1.165, 1.54) is 17.0 Å². The number of amides is 2. The zero-order valence-corrected chi connectivity index (χ0v) is 16.1. The van der Waals surface area contributed by atoms with Crippen LogP contribution in [0, 0.1) is 6.92 Å². The highest BCUT2D eigenvalue weighted by molar-refractivity contribution is 7.90. The van der Waals surface area contributed by atoms with Crippen molar-refractivity contribution >= 4 is 21.8 Å². The Balaban J connectivity index is 1.71. The molecule has 1 aliphatic heterocycles. The van der Waals surface area contributed by atoms with Gasteiger partial charge in [-0.3, -0.25) is 9.59 Å². The van der Waals surface area contributed by atoms with Crippen LogP contribution in [0.4, 0.5) is 0 Å². The Hall–Kier alpha value is -2.67. The molecule has 1 atom stereocenters. The van der Waals surface area contributed by atoms with Crippen LogP contribution in [0.5, 0.6) is 0 Å². The van der Waals surface area contributed by atoms with Crippen molar-refractivity contribution in [1.82, 2.24) is 9.62 Å². The fraction of sp³-hybridized carbons (Fsp3) is 0.300. The fourth-order valence-corrected chi connectivity index (χ4v) is 4.15. The third kappa shape index (κ3) is 3.88. The Labute approximate surface area is 159 Å². The molecule has 1 heterocycles. The van der Waals surface area contributed by atoms with Crippen LogP contribution in [0.3, 0.4) is 0 Å². The first-order valence-electron chi connectivity index (χ1n) is 8.71. The summed E-state index contributed by atoms with van der Waals surface area (Å²) in [5, 5.41) is 0. The summed E-state index contributed by atoms with van der Waals surface area (Å²) in [5.74, 6) is -0.881. The van der Waals surface area contributed by atoms with Crippen LogP contribution in [0.25, 0.3) is 0 Å². The predicted octanol–water partition coefficient (Wildman–Crippen LogP) is 2.03. The van der Waals surface area contributed by atoms with E-state index in [1.54, 1.807) is 19.1 Å². The first kappa shape index (κ1) is 19.1. The Morgan fingerprint density at radius 2 is 1.70 bits per heavy atom. The van der Waals surface area contributed by atoms with Gasteiger partial charge in [-0.15, -0.1) is 0 Å². The lowest BCUT2D eigenvalue weighted by Gasteiger charge is -2.49. The van der Waals surface area contributed by atoms with E-state index in [2.05, 4.69) is 4.72 Å². The second kappa shape index (κ2) is 7.15. The maximum absolute atomic E-state index is 12.7.